The molecule has 0 saturated heterocycles. The topological polar surface area (TPSA) is 105 Å². The Kier molecular flexibility index (Phi) is 9.31. The highest BCUT2D eigenvalue weighted by Crippen LogP contribution is 2.31. The molecule has 0 saturated carbocycles. The summed E-state index contributed by atoms with van der Waals surface area (Å²) in [7, 11) is -0.877. The monoisotopic (exact) mass is 491 g/mol. The summed E-state index contributed by atoms with van der Waals surface area (Å²) in [6.07, 6.45) is 1.03. The summed E-state index contributed by atoms with van der Waals surface area (Å²) in [5.74, 6) is 0.0612. The molecule has 0 bridgehead atoms. The number of hydrogen-bond donors (Lipinski definition) is 1. The van der Waals surface area contributed by atoms with E-state index >= 15 is 0 Å². The third kappa shape index (κ3) is 6.86. The lowest BCUT2D eigenvalue weighted by Crippen LogP contribution is -2.51. The van der Waals surface area contributed by atoms with Crippen molar-refractivity contribution in [2.45, 2.75) is 33.4 Å². The van der Waals surface area contributed by atoms with Crippen molar-refractivity contribution in [1.29, 1.82) is 0 Å². The van der Waals surface area contributed by atoms with E-state index in [0.29, 0.717) is 18.0 Å². The maximum absolute atomic E-state index is 13.5. The number of methoxy groups -OCH3 is 2. The maximum Gasteiger partial charge on any atom is 0.244 e. The average Bonchev–Trinajstić information content (AvgIpc) is 2.79. The molecular formula is C24H33N3O6S. The number of benzene rings is 2. The van der Waals surface area contributed by atoms with Gasteiger partial charge < -0.3 is 19.7 Å². The Morgan fingerprint density at radius 3 is 2.38 bits per heavy atom. The zero-order chi connectivity index (χ0) is 25.5. The van der Waals surface area contributed by atoms with E-state index < -0.39 is 28.5 Å². The van der Waals surface area contributed by atoms with Crippen LogP contribution < -0.4 is 19.1 Å². The zero-order valence-electron chi connectivity index (χ0n) is 20.5. The standard InChI is InChI=1S/C24H33N3O6S/c1-7-25-24(29)18(3)26(15-19-9-8-10-20(14-19)32-4)23(28)16-27(34(6,30)31)21-13-17(2)11-12-22(21)33-5/h8-14,18H,7,15-16H2,1-6H3,(H,25,29)/t18-/m1/s1. The van der Waals surface area contributed by atoms with Gasteiger partial charge in [0.1, 0.15) is 24.1 Å². The highest BCUT2D eigenvalue weighted by atomic mass is 32.2. The highest BCUT2D eigenvalue weighted by molar-refractivity contribution is 7.92. The molecule has 0 aliphatic rings. The molecule has 1 atom stereocenters. The van der Waals surface area contributed by atoms with Crippen LogP contribution in [0.2, 0.25) is 0 Å². The Balaban J connectivity index is 2.47. The first-order valence-electron chi connectivity index (χ1n) is 10.8. The lowest BCUT2D eigenvalue weighted by Gasteiger charge is -2.32. The van der Waals surface area contributed by atoms with E-state index in [1.54, 1.807) is 57.4 Å². The van der Waals surface area contributed by atoms with E-state index in [9.17, 15) is 18.0 Å². The van der Waals surface area contributed by atoms with Crippen LogP contribution in [0.5, 0.6) is 11.5 Å². The van der Waals surface area contributed by atoms with Gasteiger partial charge in [0.2, 0.25) is 21.8 Å². The summed E-state index contributed by atoms with van der Waals surface area (Å²) in [6.45, 7) is 5.22. The second-order valence-corrected chi connectivity index (χ2v) is 9.80. The fourth-order valence-electron chi connectivity index (χ4n) is 3.46. The number of rotatable bonds is 11. The summed E-state index contributed by atoms with van der Waals surface area (Å²) in [6, 6.07) is 11.4. The van der Waals surface area contributed by atoms with Gasteiger partial charge in [-0.15, -0.1) is 0 Å². The number of aryl methyl sites for hydroxylation is 1. The van der Waals surface area contributed by atoms with E-state index in [4.69, 9.17) is 9.47 Å². The molecule has 2 aromatic rings. The minimum absolute atomic E-state index is 0.0941. The third-order valence-electron chi connectivity index (χ3n) is 5.29. The van der Waals surface area contributed by atoms with Crippen molar-refractivity contribution in [3.05, 3.63) is 53.6 Å². The van der Waals surface area contributed by atoms with Gasteiger partial charge in [0.15, 0.2) is 0 Å². The van der Waals surface area contributed by atoms with Crippen molar-refractivity contribution in [2.24, 2.45) is 0 Å². The summed E-state index contributed by atoms with van der Waals surface area (Å²) in [5.41, 5.74) is 1.80. The van der Waals surface area contributed by atoms with E-state index in [1.807, 2.05) is 13.0 Å². The van der Waals surface area contributed by atoms with Crippen LogP contribution in [0.4, 0.5) is 5.69 Å². The molecule has 0 spiro atoms. The molecule has 0 heterocycles. The first-order valence-corrected chi connectivity index (χ1v) is 12.7. The Labute approximate surface area is 201 Å². The van der Waals surface area contributed by atoms with Gasteiger partial charge in [0, 0.05) is 13.1 Å². The average molecular weight is 492 g/mol. The van der Waals surface area contributed by atoms with Crippen molar-refractivity contribution in [3.8, 4) is 11.5 Å². The molecule has 0 aromatic heterocycles. The van der Waals surface area contributed by atoms with Crippen molar-refractivity contribution in [2.75, 3.05) is 37.9 Å². The van der Waals surface area contributed by atoms with E-state index in [-0.39, 0.29) is 18.1 Å². The number of sulfonamides is 1. The number of hydrogen-bond acceptors (Lipinski definition) is 6. The van der Waals surface area contributed by atoms with Gasteiger partial charge in [-0.2, -0.15) is 0 Å². The molecule has 0 fully saturated rings. The molecular weight excluding hydrogens is 458 g/mol. The lowest BCUT2D eigenvalue weighted by molar-refractivity contribution is -0.139. The first kappa shape index (κ1) is 27.0. The van der Waals surface area contributed by atoms with Gasteiger partial charge in [-0.25, -0.2) is 8.42 Å². The Morgan fingerprint density at radius 1 is 1.09 bits per heavy atom. The van der Waals surface area contributed by atoms with Crippen LogP contribution in [0.25, 0.3) is 0 Å². The molecule has 1 N–H and O–H groups in total. The summed E-state index contributed by atoms with van der Waals surface area (Å²) < 4.78 is 37.1. The molecule has 186 valence electrons. The maximum atomic E-state index is 13.5. The first-order chi connectivity index (χ1) is 16.0. The fourth-order valence-corrected chi connectivity index (χ4v) is 4.31. The minimum Gasteiger partial charge on any atom is -0.497 e. The van der Waals surface area contributed by atoms with Crippen LogP contribution in [0, 0.1) is 6.92 Å². The second kappa shape index (κ2) is 11.7. The van der Waals surface area contributed by atoms with Crippen LogP contribution in [-0.4, -0.2) is 64.7 Å². The van der Waals surface area contributed by atoms with Gasteiger partial charge >= 0.3 is 0 Å². The summed E-state index contributed by atoms with van der Waals surface area (Å²) >= 11 is 0. The van der Waals surface area contributed by atoms with E-state index in [1.165, 1.54) is 12.0 Å². The third-order valence-corrected chi connectivity index (χ3v) is 6.41. The van der Waals surface area contributed by atoms with Crippen molar-refractivity contribution in [1.82, 2.24) is 10.2 Å². The number of carbonyl (C=O) groups is 2. The Morgan fingerprint density at radius 2 is 1.79 bits per heavy atom. The van der Waals surface area contributed by atoms with Crippen LogP contribution in [0.1, 0.15) is 25.0 Å². The van der Waals surface area contributed by atoms with E-state index in [2.05, 4.69) is 5.32 Å². The smallest absolute Gasteiger partial charge is 0.244 e. The normalized spacial score (nSPS) is 11.9. The summed E-state index contributed by atoms with van der Waals surface area (Å²) in [5, 5.41) is 2.72. The highest BCUT2D eigenvalue weighted by Gasteiger charge is 2.31. The SMILES string of the molecule is CCNC(=O)[C@@H](C)N(Cc1cccc(OC)c1)C(=O)CN(c1cc(C)ccc1OC)S(C)(=O)=O. The Hall–Kier alpha value is -3.27. The zero-order valence-corrected chi connectivity index (χ0v) is 21.3. The number of likely N-dealkylation sites (N-methyl/N-ethyl adjacent to an activating group) is 1. The fraction of sp³-hybridized carbons (Fsp3) is 0.417. The number of nitrogens with one attached hydrogen (secondary N) is 1. The molecule has 0 aliphatic heterocycles. The van der Waals surface area contributed by atoms with Gasteiger partial charge in [-0.05, 0) is 56.2 Å². The van der Waals surface area contributed by atoms with Crippen molar-refractivity contribution in [3.63, 3.8) is 0 Å². The second-order valence-electron chi connectivity index (χ2n) is 7.89. The van der Waals surface area contributed by atoms with Gasteiger partial charge in [0.05, 0.1) is 26.2 Å². The van der Waals surface area contributed by atoms with Gasteiger partial charge in [-0.1, -0.05) is 18.2 Å². The van der Waals surface area contributed by atoms with Crippen LogP contribution in [0.15, 0.2) is 42.5 Å². The Bertz CT molecular complexity index is 1120. The number of nitrogens with zero attached hydrogens (tertiary/aromatic N) is 2. The molecule has 0 radical (unpaired) electrons. The molecule has 34 heavy (non-hydrogen) atoms. The molecule has 9 nitrogen and oxygen atoms in total. The largest absolute Gasteiger partial charge is 0.497 e. The van der Waals surface area contributed by atoms with Gasteiger partial charge in [0.25, 0.3) is 0 Å². The molecule has 2 rings (SSSR count). The van der Waals surface area contributed by atoms with Crippen LogP contribution >= 0.6 is 0 Å². The van der Waals surface area contributed by atoms with Gasteiger partial charge in [-0.3, -0.25) is 13.9 Å². The molecule has 0 unspecified atom stereocenters. The van der Waals surface area contributed by atoms with Crippen LogP contribution in [-0.2, 0) is 26.2 Å². The minimum atomic E-state index is -3.85. The molecule has 2 amide bonds. The lowest BCUT2D eigenvalue weighted by atomic mass is 10.1. The van der Waals surface area contributed by atoms with E-state index in [0.717, 1.165) is 21.7 Å². The predicted molar refractivity (Wildman–Crippen MR) is 132 cm³/mol. The van der Waals surface area contributed by atoms with Crippen molar-refractivity contribution >= 4 is 27.5 Å². The quantitative estimate of drug-likeness (QED) is 0.517. The number of ether oxygens (including phenoxy) is 2. The van der Waals surface area contributed by atoms with Crippen molar-refractivity contribution < 1.29 is 27.5 Å². The predicted octanol–water partition coefficient (Wildman–Crippen LogP) is 2.33. The number of carbonyl (C=O) groups excluding carboxylic acids is 2. The number of amides is 2. The summed E-state index contributed by atoms with van der Waals surface area (Å²) in [4.78, 5) is 27.5. The molecule has 2 aromatic carbocycles. The number of anilines is 1. The molecule has 0 aliphatic carbocycles. The van der Waals surface area contributed by atoms with Crippen LogP contribution in [0.3, 0.4) is 0 Å². The molecule has 10 heteroatoms.